The van der Waals surface area contributed by atoms with Crippen LogP contribution in [0.15, 0.2) is 66.7 Å². The SMILES string of the molecule is CC(=O)OCC(C)(C)CN1C(=O)C(CC(=O)NCc2ccccc2C(F)(F)F)OC(c2cccc(CNC(=O)OC(C)(C)C)c2)c2cc(Cl)ccc21. The van der Waals surface area contributed by atoms with Crippen molar-refractivity contribution < 1.29 is 46.6 Å². The van der Waals surface area contributed by atoms with Gasteiger partial charge in [-0.15, -0.1) is 0 Å². The van der Waals surface area contributed by atoms with E-state index in [4.69, 9.17) is 25.8 Å². The Morgan fingerprint density at radius 3 is 2.31 bits per heavy atom. The van der Waals surface area contributed by atoms with E-state index in [1.807, 2.05) is 13.8 Å². The molecule has 2 unspecified atom stereocenters. The number of benzene rings is 3. The van der Waals surface area contributed by atoms with Gasteiger partial charge in [0, 0.05) is 48.2 Å². The maximum absolute atomic E-state index is 14.4. The fourth-order valence-electron chi connectivity index (χ4n) is 5.64. The van der Waals surface area contributed by atoms with Crippen LogP contribution in [0.3, 0.4) is 0 Å². The maximum Gasteiger partial charge on any atom is 0.416 e. The van der Waals surface area contributed by atoms with Crippen molar-refractivity contribution in [1.82, 2.24) is 10.6 Å². The number of nitrogens with one attached hydrogen (secondary N) is 2. The second kappa shape index (κ2) is 16.4. The van der Waals surface area contributed by atoms with Crippen LogP contribution in [-0.4, -0.2) is 48.7 Å². The third-order valence-corrected chi connectivity index (χ3v) is 8.15. The van der Waals surface area contributed by atoms with Crippen LogP contribution in [0, 0.1) is 5.41 Å². The molecular formula is C38H43ClF3N3O7. The van der Waals surface area contributed by atoms with Crippen molar-refractivity contribution in [1.29, 1.82) is 0 Å². The molecule has 14 heteroatoms. The highest BCUT2D eigenvalue weighted by molar-refractivity contribution is 6.30. The Morgan fingerprint density at radius 2 is 1.63 bits per heavy atom. The van der Waals surface area contributed by atoms with E-state index in [1.165, 1.54) is 30.0 Å². The number of amides is 3. The highest BCUT2D eigenvalue weighted by Crippen LogP contribution is 2.41. The molecule has 0 aliphatic carbocycles. The molecule has 3 aromatic carbocycles. The normalized spacial score (nSPS) is 16.4. The number of esters is 1. The number of carbonyl (C=O) groups excluding carboxylic acids is 4. The summed E-state index contributed by atoms with van der Waals surface area (Å²) in [4.78, 5) is 53.2. The fourth-order valence-corrected chi connectivity index (χ4v) is 5.82. The minimum atomic E-state index is -4.63. The first kappa shape index (κ1) is 40.2. The first-order valence-electron chi connectivity index (χ1n) is 16.6. The number of fused-ring (bicyclic) bond motifs is 1. The number of hydrogen-bond donors (Lipinski definition) is 2. The molecule has 10 nitrogen and oxygen atoms in total. The average molecular weight is 746 g/mol. The van der Waals surface area contributed by atoms with Crippen molar-refractivity contribution in [3.63, 3.8) is 0 Å². The lowest BCUT2D eigenvalue weighted by molar-refractivity contribution is -0.144. The molecule has 3 aromatic rings. The Balaban J connectivity index is 1.70. The molecule has 1 heterocycles. The molecule has 3 amide bonds. The van der Waals surface area contributed by atoms with Gasteiger partial charge in [-0.2, -0.15) is 13.2 Å². The van der Waals surface area contributed by atoms with E-state index in [1.54, 1.807) is 63.2 Å². The van der Waals surface area contributed by atoms with Gasteiger partial charge in [-0.1, -0.05) is 67.9 Å². The first-order chi connectivity index (χ1) is 24.2. The van der Waals surface area contributed by atoms with Crippen molar-refractivity contribution in [2.45, 2.75) is 85.0 Å². The van der Waals surface area contributed by atoms with Gasteiger partial charge in [-0.3, -0.25) is 14.4 Å². The average Bonchev–Trinajstić information content (AvgIpc) is 3.15. The molecule has 2 N–H and O–H groups in total. The van der Waals surface area contributed by atoms with E-state index < -0.39 is 71.8 Å². The van der Waals surface area contributed by atoms with E-state index in [-0.39, 0.29) is 25.3 Å². The Bertz CT molecular complexity index is 1790. The summed E-state index contributed by atoms with van der Waals surface area (Å²) in [5, 5.41) is 5.58. The summed E-state index contributed by atoms with van der Waals surface area (Å²) >= 11 is 6.50. The number of alkyl halides is 3. The highest BCUT2D eigenvalue weighted by atomic mass is 35.5. The molecule has 4 rings (SSSR count). The van der Waals surface area contributed by atoms with E-state index in [0.717, 1.165) is 6.07 Å². The molecule has 0 saturated carbocycles. The van der Waals surface area contributed by atoms with Crippen LogP contribution in [0.2, 0.25) is 5.02 Å². The minimum Gasteiger partial charge on any atom is -0.465 e. The second-order valence-electron chi connectivity index (χ2n) is 14.3. The van der Waals surface area contributed by atoms with Crippen LogP contribution in [0.5, 0.6) is 0 Å². The quantitative estimate of drug-likeness (QED) is 0.195. The number of nitrogens with zero attached hydrogens (tertiary/aromatic N) is 1. The number of rotatable bonds is 11. The molecule has 0 fully saturated rings. The van der Waals surface area contributed by atoms with Crippen LogP contribution < -0.4 is 15.5 Å². The van der Waals surface area contributed by atoms with E-state index in [9.17, 15) is 32.3 Å². The first-order valence-corrected chi connectivity index (χ1v) is 17.0. The topological polar surface area (TPSA) is 123 Å². The maximum atomic E-state index is 14.4. The van der Waals surface area contributed by atoms with Crippen molar-refractivity contribution in [2.75, 3.05) is 18.1 Å². The standard InChI is InChI=1S/C38H43ClF3N3O7/c1-23(46)50-22-37(5,6)21-45-30-15-14-27(39)17-28(30)33(25-12-9-10-24(16-25)19-44-35(49)52-36(2,3)4)51-31(34(45)48)18-32(47)43-20-26-11-7-8-13-29(26)38(40,41)42/h7-17,31,33H,18-22H2,1-6H3,(H,43,47)(H,44,49). The zero-order chi connectivity index (χ0) is 38.4. The van der Waals surface area contributed by atoms with Crippen LogP contribution in [0.1, 0.15) is 81.9 Å². The zero-order valence-electron chi connectivity index (χ0n) is 29.9. The molecule has 0 spiro atoms. The van der Waals surface area contributed by atoms with Crippen molar-refractivity contribution in [2.24, 2.45) is 5.41 Å². The summed E-state index contributed by atoms with van der Waals surface area (Å²) in [7, 11) is 0. The summed E-state index contributed by atoms with van der Waals surface area (Å²) in [6, 6.07) is 16.9. The summed E-state index contributed by atoms with van der Waals surface area (Å²) in [6.07, 6.45) is -8.11. The molecule has 52 heavy (non-hydrogen) atoms. The number of anilines is 1. The largest absolute Gasteiger partial charge is 0.465 e. The van der Waals surface area contributed by atoms with Crippen molar-refractivity contribution in [3.8, 4) is 0 Å². The van der Waals surface area contributed by atoms with E-state index in [2.05, 4.69) is 10.6 Å². The fraction of sp³-hybridized carbons (Fsp3) is 0.421. The van der Waals surface area contributed by atoms with Gasteiger partial charge in [-0.25, -0.2) is 4.79 Å². The number of ether oxygens (including phenoxy) is 3. The Kier molecular flexibility index (Phi) is 12.6. The van der Waals surface area contributed by atoms with Gasteiger partial charge in [0.05, 0.1) is 18.6 Å². The van der Waals surface area contributed by atoms with E-state index in [0.29, 0.717) is 27.4 Å². The van der Waals surface area contributed by atoms with Crippen LogP contribution in [-0.2, 0) is 47.9 Å². The summed E-state index contributed by atoms with van der Waals surface area (Å²) in [6.45, 7) is 9.85. The molecular weight excluding hydrogens is 703 g/mol. The van der Waals surface area contributed by atoms with Gasteiger partial charge >= 0.3 is 18.2 Å². The number of carbonyl (C=O) groups is 4. The second-order valence-corrected chi connectivity index (χ2v) is 14.7. The molecule has 280 valence electrons. The number of alkyl carbamates (subject to hydrolysis) is 1. The number of halogens is 4. The third kappa shape index (κ3) is 11.2. The molecule has 2 atom stereocenters. The van der Waals surface area contributed by atoms with Gasteiger partial charge in [0.1, 0.15) is 17.8 Å². The zero-order valence-corrected chi connectivity index (χ0v) is 30.6. The van der Waals surface area contributed by atoms with Gasteiger partial charge in [0.15, 0.2) is 0 Å². The third-order valence-electron chi connectivity index (χ3n) is 7.92. The Hall–Kier alpha value is -4.62. The van der Waals surface area contributed by atoms with Crippen LogP contribution >= 0.6 is 11.6 Å². The lowest BCUT2D eigenvalue weighted by Gasteiger charge is -2.33. The minimum absolute atomic E-state index is 0.0181. The van der Waals surface area contributed by atoms with Crippen LogP contribution in [0.25, 0.3) is 0 Å². The van der Waals surface area contributed by atoms with Crippen molar-refractivity contribution in [3.05, 3.63) is 99.6 Å². The summed E-state index contributed by atoms with van der Waals surface area (Å²) in [5.74, 6) is -1.79. The Morgan fingerprint density at radius 1 is 0.923 bits per heavy atom. The van der Waals surface area contributed by atoms with E-state index >= 15 is 0 Å². The molecule has 1 aliphatic heterocycles. The lowest BCUT2D eigenvalue weighted by Crippen LogP contribution is -2.46. The van der Waals surface area contributed by atoms with Crippen LogP contribution in [0.4, 0.5) is 23.7 Å². The van der Waals surface area contributed by atoms with Gasteiger partial charge < -0.3 is 29.7 Å². The molecule has 0 bridgehead atoms. The predicted molar refractivity (Wildman–Crippen MR) is 188 cm³/mol. The smallest absolute Gasteiger partial charge is 0.416 e. The monoisotopic (exact) mass is 745 g/mol. The Labute approximate surface area is 305 Å². The van der Waals surface area contributed by atoms with Gasteiger partial charge in [-0.05, 0) is 61.7 Å². The highest BCUT2D eigenvalue weighted by Gasteiger charge is 2.40. The summed E-state index contributed by atoms with van der Waals surface area (Å²) < 4.78 is 58.0. The lowest BCUT2D eigenvalue weighted by atomic mass is 9.92. The summed E-state index contributed by atoms with van der Waals surface area (Å²) in [5.41, 5.74) is -0.281. The molecule has 1 aliphatic rings. The molecule has 0 aromatic heterocycles. The van der Waals surface area contributed by atoms with Crippen molar-refractivity contribution >= 4 is 41.2 Å². The number of hydrogen-bond acceptors (Lipinski definition) is 7. The molecule has 0 radical (unpaired) electrons. The van der Waals surface area contributed by atoms with Gasteiger partial charge in [0.2, 0.25) is 5.91 Å². The molecule has 0 saturated heterocycles. The van der Waals surface area contributed by atoms with Gasteiger partial charge in [0.25, 0.3) is 5.91 Å². The predicted octanol–water partition coefficient (Wildman–Crippen LogP) is 7.50.